The molecule has 0 aliphatic heterocycles. The third kappa shape index (κ3) is 8.63. The Morgan fingerprint density at radius 1 is 0.846 bits per heavy atom. The van der Waals surface area contributed by atoms with Crippen LogP contribution in [0.25, 0.3) is 0 Å². The van der Waals surface area contributed by atoms with Crippen LogP contribution in [0.15, 0.2) is 21.6 Å². The van der Waals surface area contributed by atoms with Crippen LogP contribution in [0.5, 0.6) is 0 Å². The normalized spacial score (nSPS) is 13.7. The Balaban J connectivity index is 6.29. The van der Waals surface area contributed by atoms with Crippen molar-refractivity contribution in [3.63, 3.8) is 0 Å². The van der Waals surface area contributed by atoms with Crippen LogP contribution in [0, 0.1) is 0 Å². The molecule has 0 atom stereocenters. The van der Waals surface area contributed by atoms with Crippen molar-refractivity contribution in [2.75, 3.05) is 13.2 Å². The van der Waals surface area contributed by atoms with Gasteiger partial charge in [-0.15, -0.1) is 0 Å². The van der Waals surface area contributed by atoms with E-state index in [0.29, 0.717) is 13.2 Å². The molecule has 3 nitrogen and oxygen atoms in total. The molecule has 0 bridgehead atoms. The summed E-state index contributed by atoms with van der Waals surface area (Å²) in [5.74, 6) is 0. The van der Waals surface area contributed by atoms with Gasteiger partial charge in [0.15, 0.2) is 0 Å². The summed E-state index contributed by atoms with van der Waals surface area (Å²) in [5, 5.41) is 0. The molecule has 0 aliphatic rings. The van der Waals surface area contributed by atoms with Gasteiger partial charge in [-0.2, -0.15) is 0 Å². The van der Waals surface area contributed by atoms with Crippen molar-refractivity contribution in [1.29, 1.82) is 0 Å². The average Bonchev–Trinajstić information content (AvgIpc) is 2.63. The molecule has 0 aromatic heterocycles. The van der Waals surface area contributed by atoms with Crippen molar-refractivity contribution in [3.05, 3.63) is 21.6 Å². The second-order valence-corrected chi connectivity index (χ2v) is 23.3. The zero-order chi connectivity index (χ0) is 19.9. The summed E-state index contributed by atoms with van der Waals surface area (Å²) < 4.78 is 30.5. The van der Waals surface area contributed by atoms with Gasteiger partial charge in [0.25, 0.3) is 0 Å². The first-order valence-corrected chi connectivity index (χ1v) is 19.8. The number of allylic oxidation sites excluding steroid dienone is 3. The Morgan fingerprint density at radius 3 is 1.58 bits per heavy atom. The van der Waals surface area contributed by atoms with Gasteiger partial charge in [-0.1, -0.05) is 0 Å². The van der Waals surface area contributed by atoms with E-state index in [1.165, 1.54) is 51.8 Å². The van der Waals surface area contributed by atoms with Gasteiger partial charge in [0.1, 0.15) is 0 Å². The second kappa shape index (κ2) is 15.4. The Morgan fingerprint density at radius 2 is 1.27 bits per heavy atom. The van der Waals surface area contributed by atoms with E-state index < -0.39 is 26.0 Å². The molecule has 0 amide bonds. The molecule has 0 aromatic carbocycles. The Labute approximate surface area is 167 Å². The van der Waals surface area contributed by atoms with Crippen LogP contribution in [0.3, 0.4) is 0 Å². The van der Waals surface area contributed by atoms with Gasteiger partial charge < -0.3 is 0 Å². The minimum absolute atomic E-state index is 0.432. The summed E-state index contributed by atoms with van der Waals surface area (Å²) in [6.07, 6.45) is 13.5. The van der Waals surface area contributed by atoms with Gasteiger partial charge in [-0.05, 0) is 0 Å². The molecule has 0 saturated heterocycles. The van der Waals surface area contributed by atoms with Crippen molar-refractivity contribution in [2.45, 2.75) is 93.4 Å². The van der Waals surface area contributed by atoms with Gasteiger partial charge in [-0.25, -0.2) is 0 Å². The van der Waals surface area contributed by atoms with Gasteiger partial charge in [0.2, 0.25) is 0 Å². The fourth-order valence-corrected chi connectivity index (χ4v) is 28.2. The van der Waals surface area contributed by atoms with Gasteiger partial charge in [0.05, 0.1) is 0 Å². The zero-order valence-electron chi connectivity index (χ0n) is 18.2. The predicted molar refractivity (Wildman–Crippen MR) is 119 cm³/mol. The monoisotopic (exact) mass is 494 g/mol. The van der Waals surface area contributed by atoms with Crippen molar-refractivity contribution in [3.8, 4) is 0 Å². The number of unbranched alkanes of at least 4 members (excludes halogenated alkanes) is 3. The van der Waals surface area contributed by atoms with E-state index in [0.717, 1.165) is 3.33 Å². The first-order chi connectivity index (χ1) is 12.5. The van der Waals surface area contributed by atoms with Crippen LogP contribution in [-0.2, 0) is 13.6 Å². The molecule has 5 heteroatoms. The van der Waals surface area contributed by atoms with Crippen LogP contribution >= 0.6 is 7.60 Å². The van der Waals surface area contributed by atoms with Gasteiger partial charge >= 0.3 is 168 Å². The van der Waals surface area contributed by atoms with Crippen molar-refractivity contribution in [1.82, 2.24) is 0 Å². The van der Waals surface area contributed by atoms with E-state index in [1.54, 1.807) is 0 Å². The average molecular weight is 493 g/mol. The summed E-state index contributed by atoms with van der Waals surface area (Å²) in [6, 6.07) is 0. The molecule has 0 N–H and O–H groups in total. The summed E-state index contributed by atoms with van der Waals surface area (Å²) >= 11 is -2.88. The molecular formula is C21H43O3PSn. The summed E-state index contributed by atoms with van der Waals surface area (Å²) in [5.41, 5.74) is 0. The molecule has 0 fully saturated rings. The standard InChI is InChI=1S/C9H16O3P.3C4H9.Sn/c1-4-7-8-9-13(10,11-5-2)12-6-3;3*1-3-4-2;/h4,7-8H,5-6H2,1-3H3;3*1,3-4H2,2H3;/b7-4+,9-8?;;;;. The van der Waals surface area contributed by atoms with Gasteiger partial charge in [-0.3, -0.25) is 0 Å². The first kappa shape index (κ1) is 26.4. The maximum atomic E-state index is 13.9. The van der Waals surface area contributed by atoms with Crippen LogP contribution in [0.2, 0.25) is 13.3 Å². The second-order valence-electron chi connectivity index (χ2n) is 7.00. The summed E-state index contributed by atoms with van der Waals surface area (Å²) in [7, 11) is -3.20. The Bertz CT molecular complexity index is 428. The van der Waals surface area contributed by atoms with E-state index in [-0.39, 0.29) is 0 Å². The molecule has 154 valence electrons. The molecular weight excluding hydrogens is 450 g/mol. The molecule has 0 spiro atoms. The van der Waals surface area contributed by atoms with Crippen molar-refractivity contribution in [2.24, 2.45) is 0 Å². The van der Waals surface area contributed by atoms with Crippen LogP contribution in [-0.4, -0.2) is 31.6 Å². The fraction of sp³-hybridized carbons (Fsp3) is 0.810. The van der Waals surface area contributed by atoms with Crippen LogP contribution < -0.4 is 0 Å². The molecule has 26 heavy (non-hydrogen) atoms. The van der Waals surface area contributed by atoms with E-state index in [2.05, 4.69) is 32.9 Å². The Hall–Kier alpha value is 0.429. The third-order valence-corrected chi connectivity index (χ3v) is 27.2. The number of hydrogen-bond acceptors (Lipinski definition) is 3. The molecule has 0 aromatic rings. The molecule has 0 heterocycles. The minimum atomic E-state index is -3.20. The topological polar surface area (TPSA) is 35.5 Å². The quantitative estimate of drug-likeness (QED) is 0.124. The Kier molecular flexibility index (Phi) is 15.6. The molecule has 0 aliphatic carbocycles. The zero-order valence-corrected chi connectivity index (χ0v) is 21.9. The van der Waals surface area contributed by atoms with Crippen molar-refractivity contribution < 1.29 is 13.6 Å². The molecule has 0 unspecified atom stereocenters. The fourth-order valence-electron chi connectivity index (χ4n) is 3.57. The third-order valence-electron chi connectivity index (χ3n) is 4.91. The maximum absolute atomic E-state index is 13.9. The summed E-state index contributed by atoms with van der Waals surface area (Å²) in [4.78, 5) is 0. The summed E-state index contributed by atoms with van der Waals surface area (Å²) in [6.45, 7) is 13.5. The molecule has 0 rings (SSSR count). The predicted octanol–water partition coefficient (Wildman–Crippen LogP) is 8.10. The van der Waals surface area contributed by atoms with E-state index >= 15 is 0 Å². The van der Waals surface area contributed by atoms with Crippen LogP contribution in [0.4, 0.5) is 0 Å². The van der Waals surface area contributed by atoms with E-state index in [1.807, 2.05) is 26.8 Å². The number of rotatable bonds is 16. The van der Waals surface area contributed by atoms with Crippen LogP contribution in [0.1, 0.15) is 80.1 Å². The van der Waals surface area contributed by atoms with E-state index in [9.17, 15) is 4.57 Å². The van der Waals surface area contributed by atoms with Crippen molar-refractivity contribution >= 4 is 26.0 Å². The molecule has 0 radical (unpaired) electrons. The first-order valence-electron chi connectivity index (χ1n) is 10.7. The van der Waals surface area contributed by atoms with E-state index in [4.69, 9.17) is 9.05 Å². The van der Waals surface area contributed by atoms with Gasteiger partial charge in [0, 0.05) is 0 Å². The molecule has 0 saturated carbocycles. The SMILES string of the molecule is C/C=C/C=[C](/P(=O)(OCC)OCC)[Sn]([CH2]CCC)([CH2]CCC)[CH2]CCC. The number of hydrogen-bond donors (Lipinski definition) is 0.